The molecule has 0 saturated carbocycles. The lowest BCUT2D eigenvalue weighted by Crippen LogP contribution is -2.57. The normalized spacial score (nSPS) is 22.2. The van der Waals surface area contributed by atoms with E-state index in [1.807, 2.05) is 52.6 Å². The molecule has 176 valence electrons. The molecule has 7 nitrogen and oxygen atoms in total. The number of nitrogens with one attached hydrogen (secondary N) is 1. The predicted octanol–water partition coefficient (Wildman–Crippen LogP) is 2.27. The van der Waals surface area contributed by atoms with Gasteiger partial charge in [0.2, 0.25) is 17.7 Å². The summed E-state index contributed by atoms with van der Waals surface area (Å²) in [6, 6.07) is -0.979. The summed E-state index contributed by atoms with van der Waals surface area (Å²) in [6.07, 6.45) is 5.93. The van der Waals surface area contributed by atoms with E-state index < -0.39 is 6.04 Å². The zero-order chi connectivity index (χ0) is 23.3. The second kappa shape index (κ2) is 11.1. The van der Waals surface area contributed by atoms with Crippen molar-refractivity contribution in [1.82, 2.24) is 20.0 Å². The molecule has 0 aliphatic carbocycles. The van der Waals surface area contributed by atoms with Gasteiger partial charge in [-0.2, -0.15) is 0 Å². The van der Waals surface area contributed by atoms with Gasteiger partial charge in [-0.3, -0.25) is 19.3 Å². The standard InChI is InChI=1S/C24H42N4O3/c1-16(2)20(15-18(5)23(30)28-13-10-14-28)27(7)24(31)21(17(3)4)25-22(29)19-11-8-9-12-26(19)6/h15-17,19-21H,8-14H2,1-7H3,(H,25,29)/t19-,20-,21+/m1/s1. The maximum absolute atomic E-state index is 13.5. The Balaban J connectivity index is 2.14. The van der Waals surface area contributed by atoms with Crippen LogP contribution in [0.15, 0.2) is 11.6 Å². The van der Waals surface area contributed by atoms with Crippen LogP contribution in [0.4, 0.5) is 0 Å². The Hall–Kier alpha value is -1.89. The van der Waals surface area contributed by atoms with Crippen LogP contribution < -0.4 is 5.32 Å². The Morgan fingerprint density at radius 2 is 1.65 bits per heavy atom. The summed E-state index contributed by atoms with van der Waals surface area (Å²) >= 11 is 0. The first-order valence-electron chi connectivity index (χ1n) is 11.8. The average molecular weight is 435 g/mol. The fourth-order valence-corrected chi connectivity index (χ4v) is 4.38. The van der Waals surface area contributed by atoms with Gasteiger partial charge in [-0.15, -0.1) is 0 Å². The molecule has 0 unspecified atom stereocenters. The molecule has 2 aliphatic heterocycles. The Kier molecular flexibility index (Phi) is 9.10. The van der Waals surface area contributed by atoms with Crippen LogP contribution in [0.1, 0.15) is 60.3 Å². The first-order valence-corrected chi connectivity index (χ1v) is 11.8. The second-order valence-electron chi connectivity index (χ2n) is 9.90. The minimum Gasteiger partial charge on any atom is -0.343 e. The third kappa shape index (κ3) is 6.31. The molecule has 3 atom stereocenters. The minimum atomic E-state index is -0.589. The number of nitrogens with zero attached hydrogens (tertiary/aromatic N) is 3. The summed E-state index contributed by atoms with van der Waals surface area (Å²) in [5.74, 6) is -0.0225. The Morgan fingerprint density at radius 1 is 1.00 bits per heavy atom. The number of hydrogen-bond donors (Lipinski definition) is 1. The summed E-state index contributed by atoms with van der Waals surface area (Å²) < 4.78 is 0. The van der Waals surface area contributed by atoms with Crippen molar-refractivity contribution in [3.8, 4) is 0 Å². The molecule has 2 fully saturated rings. The topological polar surface area (TPSA) is 73.0 Å². The van der Waals surface area contributed by atoms with Crippen LogP contribution in [0.25, 0.3) is 0 Å². The number of carbonyl (C=O) groups excluding carboxylic acids is 3. The third-order valence-electron chi connectivity index (χ3n) is 6.68. The zero-order valence-electron chi connectivity index (χ0n) is 20.5. The summed E-state index contributed by atoms with van der Waals surface area (Å²) in [4.78, 5) is 44.6. The van der Waals surface area contributed by atoms with Crippen LogP contribution in [0.5, 0.6) is 0 Å². The van der Waals surface area contributed by atoms with Crippen molar-refractivity contribution in [3.63, 3.8) is 0 Å². The van der Waals surface area contributed by atoms with E-state index in [4.69, 9.17) is 0 Å². The molecule has 2 rings (SSSR count). The van der Waals surface area contributed by atoms with Crippen molar-refractivity contribution >= 4 is 17.7 Å². The van der Waals surface area contributed by atoms with Crippen molar-refractivity contribution in [3.05, 3.63) is 11.6 Å². The monoisotopic (exact) mass is 434 g/mol. The number of amides is 3. The van der Waals surface area contributed by atoms with E-state index in [0.29, 0.717) is 5.57 Å². The van der Waals surface area contributed by atoms with E-state index in [2.05, 4.69) is 10.2 Å². The average Bonchev–Trinajstić information content (AvgIpc) is 2.67. The fraction of sp³-hybridized carbons (Fsp3) is 0.792. The molecule has 0 aromatic rings. The molecule has 7 heteroatoms. The highest BCUT2D eigenvalue weighted by molar-refractivity contribution is 5.94. The summed E-state index contributed by atoms with van der Waals surface area (Å²) in [5, 5.41) is 3.04. The van der Waals surface area contributed by atoms with E-state index in [-0.39, 0.29) is 41.6 Å². The van der Waals surface area contributed by atoms with Gasteiger partial charge in [-0.05, 0) is 51.6 Å². The first-order chi connectivity index (χ1) is 14.5. The molecule has 31 heavy (non-hydrogen) atoms. The molecule has 2 aliphatic rings. The van der Waals surface area contributed by atoms with Gasteiger partial charge >= 0.3 is 0 Å². The van der Waals surface area contributed by atoms with Crippen LogP contribution in [0.2, 0.25) is 0 Å². The van der Waals surface area contributed by atoms with Crippen molar-refractivity contribution < 1.29 is 14.4 Å². The van der Waals surface area contributed by atoms with Gasteiger partial charge in [0.05, 0.1) is 12.1 Å². The van der Waals surface area contributed by atoms with E-state index in [1.165, 1.54) is 0 Å². The highest BCUT2D eigenvalue weighted by Gasteiger charge is 2.34. The minimum absolute atomic E-state index is 0.0339. The molecule has 1 N–H and O–H groups in total. The maximum atomic E-state index is 13.5. The number of likely N-dealkylation sites (tertiary alicyclic amines) is 2. The molecule has 0 aromatic heterocycles. The molecule has 2 heterocycles. The van der Waals surface area contributed by atoms with Gasteiger partial charge in [-0.1, -0.05) is 40.2 Å². The number of hydrogen-bond acceptors (Lipinski definition) is 4. The number of likely N-dealkylation sites (N-methyl/N-ethyl adjacent to an activating group) is 2. The molecule has 0 radical (unpaired) electrons. The summed E-state index contributed by atoms with van der Waals surface area (Å²) in [7, 11) is 3.75. The Morgan fingerprint density at radius 3 is 2.13 bits per heavy atom. The quantitative estimate of drug-likeness (QED) is 0.595. The smallest absolute Gasteiger partial charge is 0.249 e. The van der Waals surface area contributed by atoms with Gasteiger partial charge in [-0.25, -0.2) is 0 Å². The first kappa shape index (κ1) is 25.4. The van der Waals surface area contributed by atoms with Gasteiger partial charge in [0.25, 0.3) is 0 Å². The molecule has 0 spiro atoms. The van der Waals surface area contributed by atoms with Crippen LogP contribution in [-0.4, -0.2) is 84.3 Å². The lowest BCUT2D eigenvalue weighted by atomic mass is 9.95. The second-order valence-corrected chi connectivity index (χ2v) is 9.90. The van der Waals surface area contributed by atoms with E-state index in [1.54, 1.807) is 11.9 Å². The number of piperidine rings is 1. The summed E-state index contributed by atoms with van der Waals surface area (Å²) in [6.45, 7) is 12.4. The van der Waals surface area contributed by atoms with Crippen LogP contribution in [-0.2, 0) is 14.4 Å². The fourth-order valence-electron chi connectivity index (χ4n) is 4.38. The number of carbonyl (C=O) groups is 3. The molecule has 2 saturated heterocycles. The van der Waals surface area contributed by atoms with Crippen LogP contribution in [0.3, 0.4) is 0 Å². The highest BCUT2D eigenvalue weighted by Crippen LogP contribution is 2.20. The maximum Gasteiger partial charge on any atom is 0.249 e. The van der Waals surface area contributed by atoms with Crippen molar-refractivity contribution in [2.75, 3.05) is 33.7 Å². The van der Waals surface area contributed by atoms with Crippen molar-refractivity contribution in [2.45, 2.75) is 78.4 Å². The summed E-state index contributed by atoms with van der Waals surface area (Å²) in [5.41, 5.74) is 0.673. The van der Waals surface area contributed by atoms with E-state index >= 15 is 0 Å². The van der Waals surface area contributed by atoms with Gasteiger partial charge in [0.15, 0.2) is 0 Å². The molecular weight excluding hydrogens is 392 g/mol. The molecule has 0 bridgehead atoms. The van der Waals surface area contributed by atoms with Gasteiger partial charge < -0.3 is 15.1 Å². The van der Waals surface area contributed by atoms with Gasteiger partial charge in [0.1, 0.15) is 6.04 Å². The van der Waals surface area contributed by atoms with Crippen molar-refractivity contribution in [1.29, 1.82) is 0 Å². The largest absolute Gasteiger partial charge is 0.343 e. The zero-order valence-corrected chi connectivity index (χ0v) is 20.5. The lowest BCUT2D eigenvalue weighted by molar-refractivity contribution is -0.139. The van der Waals surface area contributed by atoms with E-state index in [9.17, 15) is 14.4 Å². The SMILES string of the molecule is CC(=C[C@H](C(C)C)N(C)C(=O)[C@@H](NC(=O)[C@H]1CCCCN1C)C(C)C)C(=O)N1CCC1. The predicted molar refractivity (Wildman–Crippen MR) is 123 cm³/mol. The number of rotatable bonds is 8. The Bertz CT molecular complexity index is 684. The van der Waals surface area contributed by atoms with Crippen LogP contribution in [0, 0.1) is 11.8 Å². The molecular formula is C24H42N4O3. The molecule has 0 aromatic carbocycles. The lowest BCUT2D eigenvalue weighted by Gasteiger charge is -2.36. The highest BCUT2D eigenvalue weighted by atomic mass is 16.2. The van der Waals surface area contributed by atoms with Crippen molar-refractivity contribution in [2.24, 2.45) is 11.8 Å². The third-order valence-corrected chi connectivity index (χ3v) is 6.68. The van der Waals surface area contributed by atoms with E-state index in [0.717, 1.165) is 45.3 Å². The Labute approximate surface area is 188 Å². The van der Waals surface area contributed by atoms with Gasteiger partial charge in [0, 0.05) is 25.7 Å². The van der Waals surface area contributed by atoms with Crippen LogP contribution >= 0.6 is 0 Å². The molecule has 3 amide bonds.